The van der Waals surface area contributed by atoms with Crippen LogP contribution in [0.3, 0.4) is 0 Å². The van der Waals surface area contributed by atoms with Crippen LogP contribution in [0.5, 0.6) is 11.6 Å². The van der Waals surface area contributed by atoms with Crippen LogP contribution in [0.4, 0.5) is 4.39 Å². The third-order valence-corrected chi connectivity index (χ3v) is 7.83. The Labute approximate surface area is 228 Å². The molecule has 7 nitrogen and oxygen atoms in total. The van der Waals surface area contributed by atoms with Gasteiger partial charge in [-0.15, -0.1) is 0 Å². The molecule has 0 saturated carbocycles. The summed E-state index contributed by atoms with van der Waals surface area (Å²) in [5, 5.41) is 9.30. The Balaban J connectivity index is 1.45. The highest BCUT2D eigenvalue weighted by Gasteiger charge is 2.26. The summed E-state index contributed by atoms with van der Waals surface area (Å²) < 4.78 is 32.3. The van der Waals surface area contributed by atoms with Crippen LogP contribution in [-0.4, -0.2) is 54.4 Å². The molecule has 1 aromatic heterocycles. The summed E-state index contributed by atoms with van der Waals surface area (Å²) in [7, 11) is 3.26. The minimum atomic E-state index is -0.808. The lowest BCUT2D eigenvalue weighted by Gasteiger charge is -2.28. The number of carboxylic acid groups (broad SMARTS) is 1. The number of hydrogen-bond acceptors (Lipinski definition) is 6. The highest BCUT2D eigenvalue weighted by atomic mass is 19.1. The highest BCUT2D eigenvalue weighted by molar-refractivity contribution is 5.70. The molecule has 3 atom stereocenters. The largest absolute Gasteiger partial charge is 0.485 e. The van der Waals surface area contributed by atoms with E-state index >= 15 is 0 Å². The number of carbonyl (C=O) groups is 1. The van der Waals surface area contributed by atoms with E-state index in [1.807, 2.05) is 30.3 Å². The Morgan fingerprint density at radius 2 is 2.03 bits per heavy atom. The van der Waals surface area contributed by atoms with E-state index in [9.17, 15) is 14.3 Å². The van der Waals surface area contributed by atoms with E-state index in [2.05, 4.69) is 16.0 Å². The van der Waals surface area contributed by atoms with E-state index in [1.165, 1.54) is 13.3 Å². The maximum atomic E-state index is 15.0. The molecule has 0 radical (unpaired) electrons. The summed E-state index contributed by atoms with van der Waals surface area (Å²) in [6.45, 7) is 4.11. The number of aryl methyl sites for hydroxylation is 1. The van der Waals surface area contributed by atoms with Crippen LogP contribution in [0.2, 0.25) is 0 Å². The van der Waals surface area contributed by atoms with Crippen LogP contribution in [0.1, 0.15) is 48.1 Å². The van der Waals surface area contributed by atoms with Crippen molar-refractivity contribution in [3.63, 3.8) is 0 Å². The third kappa shape index (κ3) is 6.07. The summed E-state index contributed by atoms with van der Waals surface area (Å²) in [6, 6.07) is 13.8. The maximum Gasteiger partial charge on any atom is 0.306 e. The number of fused-ring (bicyclic) bond motifs is 1. The number of halogens is 1. The maximum absolute atomic E-state index is 15.0. The van der Waals surface area contributed by atoms with Gasteiger partial charge in [0, 0.05) is 38.4 Å². The van der Waals surface area contributed by atoms with Crippen LogP contribution in [-0.2, 0) is 28.9 Å². The Morgan fingerprint density at radius 3 is 2.77 bits per heavy atom. The standard InChI is InChI=1S/C31H35FN2O5/c1-19(31(35)36)12-20-4-5-21-7-9-28(39-29(21)13-20)22-6-8-25(26-15-30(38-3)33-16-27(26)32)23(14-22)17-34-11-10-24(18-34)37-2/h4-6,8,13-16,19,24,28H,7,9-12,17-18H2,1-3H3,(H,35,36). The zero-order valence-electron chi connectivity index (χ0n) is 22.7. The van der Waals surface area contributed by atoms with Crippen LogP contribution >= 0.6 is 0 Å². The van der Waals surface area contributed by atoms with Gasteiger partial charge in [-0.25, -0.2) is 9.37 Å². The van der Waals surface area contributed by atoms with Gasteiger partial charge in [0.05, 0.1) is 25.3 Å². The smallest absolute Gasteiger partial charge is 0.306 e. The molecule has 0 spiro atoms. The number of nitrogens with zero attached hydrogens (tertiary/aromatic N) is 2. The molecule has 5 rings (SSSR count). The quantitative estimate of drug-likeness (QED) is 0.391. The number of hydrogen-bond donors (Lipinski definition) is 1. The summed E-state index contributed by atoms with van der Waals surface area (Å²) in [4.78, 5) is 17.7. The fourth-order valence-electron chi connectivity index (χ4n) is 5.54. The van der Waals surface area contributed by atoms with Crippen LogP contribution < -0.4 is 9.47 Å². The molecule has 1 saturated heterocycles. The number of pyridine rings is 1. The SMILES string of the molecule is COc1cc(-c2ccc(C3CCc4ccc(CC(C)C(=O)O)cc4O3)cc2CN2CCC(OC)C2)c(F)cn1. The number of carboxylic acids is 1. The van der Waals surface area contributed by atoms with Gasteiger partial charge in [0.2, 0.25) is 5.88 Å². The molecule has 0 amide bonds. The molecule has 39 heavy (non-hydrogen) atoms. The molecule has 1 fully saturated rings. The molecule has 8 heteroatoms. The van der Waals surface area contributed by atoms with Crippen molar-refractivity contribution in [1.82, 2.24) is 9.88 Å². The van der Waals surface area contributed by atoms with Crippen LogP contribution in [0, 0.1) is 11.7 Å². The second-order valence-corrected chi connectivity index (χ2v) is 10.5. The number of aromatic nitrogens is 1. The van der Waals surface area contributed by atoms with Crippen molar-refractivity contribution in [2.24, 2.45) is 5.92 Å². The van der Waals surface area contributed by atoms with E-state index < -0.39 is 17.7 Å². The molecular weight excluding hydrogens is 499 g/mol. The van der Waals surface area contributed by atoms with Gasteiger partial charge in [-0.05, 0) is 59.6 Å². The van der Waals surface area contributed by atoms with E-state index in [0.717, 1.165) is 65.9 Å². The van der Waals surface area contributed by atoms with E-state index in [4.69, 9.17) is 14.2 Å². The van der Waals surface area contributed by atoms with Gasteiger partial charge >= 0.3 is 5.97 Å². The number of rotatable bonds is 9. The fourth-order valence-corrected chi connectivity index (χ4v) is 5.54. The van der Waals surface area contributed by atoms with Gasteiger partial charge in [-0.3, -0.25) is 9.69 Å². The number of methoxy groups -OCH3 is 2. The molecule has 2 aliphatic rings. The first-order chi connectivity index (χ1) is 18.8. The molecule has 3 unspecified atom stereocenters. The van der Waals surface area contributed by atoms with Crippen molar-refractivity contribution in [3.05, 3.63) is 76.7 Å². The normalized spacial score (nSPS) is 19.8. The summed E-state index contributed by atoms with van der Waals surface area (Å²) in [5.41, 5.74) is 5.38. The molecule has 3 heterocycles. The van der Waals surface area contributed by atoms with Crippen molar-refractivity contribution >= 4 is 5.97 Å². The van der Waals surface area contributed by atoms with Gasteiger partial charge < -0.3 is 19.3 Å². The lowest BCUT2D eigenvalue weighted by atomic mass is 9.91. The van der Waals surface area contributed by atoms with Gasteiger partial charge in [-0.1, -0.05) is 37.3 Å². The zero-order chi connectivity index (χ0) is 27.5. The van der Waals surface area contributed by atoms with Gasteiger partial charge in [0.25, 0.3) is 0 Å². The number of likely N-dealkylation sites (tertiary alicyclic amines) is 1. The Morgan fingerprint density at radius 1 is 1.18 bits per heavy atom. The van der Waals surface area contributed by atoms with Gasteiger partial charge in [-0.2, -0.15) is 0 Å². The third-order valence-electron chi connectivity index (χ3n) is 7.83. The second kappa shape index (κ2) is 11.7. The van der Waals surface area contributed by atoms with Crippen molar-refractivity contribution in [1.29, 1.82) is 0 Å². The van der Waals surface area contributed by atoms with E-state index in [0.29, 0.717) is 24.4 Å². The summed E-state index contributed by atoms with van der Waals surface area (Å²) >= 11 is 0. The Hall–Kier alpha value is -3.49. The predicted octanol–water partition coefficient (Wildman–Crippen LogP) is 5.45. The molecule has 2 aliphatic heterocycles. The lowest BCUT2D eigenvalue weighted by Crippen LogP contribution is -2.23. The minimum absolute atomic E-state index is 0.153. The van der Waals surface area contributed by atoms with Crippen molar-refractivity contribution in [2.45, 2.75) is 51.4 Å². The molecule has 1 N–H and O–H groups in total. The number of benzene rings is 2. The predicted molar refractivity (Wildman–Crippen MR) is 146 cm³/mol. The summed E-state index contributed by atoms with van der Waals surface area (Å²) in [6.07, 6.45) is 4.35. The average molecular weight is 535 g/mol. The van der Waals surface area contributed by atoms with Crippen LogP contribution in [0.25, 0.3) is 11.1 Å². The molecule has 2 aromatic carbocycles. The number of aliphatic carboxylic acids is 1. The fraction of sp³-hybridized carbons (Fsp3) is 0.419. The second-order valence-electron chi connectivity index (χ2n) is 10.5. The average Bonchev–Trinajstić information content (AvgIpc) is 3.40. The van der Waals surface area contributed by atoms with Gasteiger partial charge in [0.1, 0.15) is 17.7 Å². The first-order valence-corrected chi connectivity index (χ1v) is 13.4. The molecule has 3 aromatic rings. The van der Waals surface area contributed by atoms with Crippen molar-refractivity contribution < 1.29 is 28.5 Å². The number of ether oxygens (including phenoxy) is 3. The van der Waals surface area contributed by atoms with Crippen molar-refractivity contribution in [3.8, 4) is 22.8 Å². The van der Waals surface area contributed by atoms with Gasteiger partial charge in [0.15, 0.2) is 0 Å². The first kappa shape index (κ1) is 27.1. The molecule has 0 bridgehead atoms. The first-order valence-electron chi connectivity index (χ1n) is 13.4. The highest BCUT2D eigenvalue weighted by Crippen LogP contribution is 2.38. The molecule has 0 aliphatic carbocycles. The summed E-state index contributed by atoms with van der Waals surface area (Å²) in [5.74, 6) is -0.501. The Bertz CT molecular complexity index is 1350. The van der Waals surface area contributed by atoms with Crippen molar-refractivity contribution in [2.75, 3.05) is 27.3 Å². The molecule has 206 valence electrons. The molecular formula is C31H35FN2O5. The van der Waals surface area contributed by atoms with E-state index in [1.54, 1.807) is 20.1 Å². The zero-order valence-corrected chi connectivity index (χ0v) is 22.7. The minimum Gasteiger partial charge on any atom is -0.485 e. The topological polar surface area (TPSA) is 81.1 Å². The van der Waals surface area contributed by atoms with Crippen LogP contribution in [0.15, 0.2) is 48.7 Å². The monoisotopic (exact) mass is 534 g/mol. The Kier molecular flexibility index (Phi) is 8.14. The lowest BCUT2D eigenvalue weighted by molar-refractivity contribution is -0.141. The van der Waals surface area contributed by atoms with E-state index in [-0.39, 0.29) is 12.2 Å².